The summed E-state index contributed by atoms with van der Waals surface area (Å²) in [6.07, 6.45) is 3.96. The van der Waals surface area contributed by atoms with Gasteiger partial charge in [0, 0.05) is 38.9 Å². The molecule has 2 rings (SSSR count). The largest absolute Gasteiger partial charge is 0.342 e. The Bertz CT molecular complexity index is 425. The van der Waals surface area contributed by atoms with E-state index in [0.29, 0.717) is 32.0 Å². The van der Waals surface area contributed by atoms with Crippen molar-refractivity contribution in [1.82, 2.24) is 15.1 Å². The zero-order valence-corrected chi connectivity index (χ0v) is 13.4. The van der Waals surface area contributed by atoms with Crippen molar-refractivity contribution in [3.63, 3.8) is 0 Å². The van der Waals surface area contributed by atoms with Crippen molar-refractivity contribution in [1.29, 1.82) is 0 Å². The first kappa shape index (κ1) is 16.0. The molecule has 2 heterocycles. The van der Waals surface area contributed by atoms with Gasteiger partial charge < -0.3 is 9.80 Å². The van der Waals surface area contributed by atoms with Crippen LogP contribution in [0.15, 0.2) is 12.7 Å². The minimum atomic E-state index is -0.292. The average Bonchev–Trinajstić information content (AvgIpc) is 2.64. The van der Waals surface area contributed by atoms with E-state index >= 15 is 0 Å². The van der Waals surface area contributed by atoms with E-state index in [1.165, 1.54) is 0 Å². The molecule has 0 radical (unpaired) electrons. The van der Waals surface area contributed by atoms with Crippen LogP contribution >= 0.6 is 0 Å². The number of likely N-dealkylation sites (tertiary alicyclic amines) is 1. The highest BCUT2D eigenvalue weighted by atomic mass is 16.2. The van der Waals surface area contributed by atoms with E-state index in [1.807, 2.05) is 16.7 Å². The first-order chi connectivity index (χ1) is 9.89. The molecule has 0 aromatic rings. The van der Waals surface area contributed by atoms with Crippen LogP contribution in [0.4, 0.5) is 0 Å². The van der Waals surface area contributed by atoms with E-state index in [9.17, 15) is 9.59 Å². The highest BCUT2D eigenvalue weighted by molar-refractivity contribution is 5.85. The fourth-order valence-corrected chi connectivity index (χ4v) is 3.40. The van der Waals surface area contributed by atoms with Crippen LogP contribution in [-0.4, -0.2) is 53.0 Å². The molecular formula is C16H27N3O2. The van der Waals surface area contributed by atoms with Crippen molar-refractivity contribution < 1.29 is 9.59 Å². The third kappa shape index (κ3) is 3.12. The molecule has 0 aromatic carbocycles. The molecule has 2 fully saturated rings. The van der Waals surface area contributed by atoms with Crippen LogP contribution < -0.4 is 5.32 Å². The molecule has 2 saturated heterocycles. The van der Waals surface area contributed by atoms with Crippen molar-refractivity contribution in [3.8, 4) is 0 Å². The number of nitrogens with one attached hydrogen (secondary N) is 1. The van der Waals surface area contributed by atoms with E-state index in [4.69, 9.17) is 0 Å². The lowest BCUT2D eigenvalue weighted by atomic mass is 9.95. The Kier molecular flexibility index (Phi) is 4.71. The lowest BCUT2D eigenvalue weighted by Gasteiger charge is -2.44. The molecular weight excluding hydrogens is 266 g/mol. The highest BCUT2D eigenvalue weighted by Crippen LogP contribution is 2.32. The van der Waals surface area contributed by atoms with Gasteiger partial charge >= 0.3 is 0 Å². The Morgan fingerprint density at radius 1 is 1.48 bits per heavy atom. The van der Waals surface area contributed by atoms with Gasteiger partial charge in [-0.25, -0.2) is 0 Å². The Hall–Kier alpha value is -1.36. The summed E-state index contributed by atoms with van der Waals surface area (Å²) in [5, 5.41) is 3.44. The second-order valence-corrected chi connectivity index (χ2v) is 6.61. The number of amides is 2. The van der Waals surface area contributed by atoms with Gasteiger partial charge in [0.1, 0.15) is 0 Å². The van der Waals surface area contributed by atoms with E-state index in [-0.39, 0.29) is 23.5 Å². The molecule has 1 spiro atoms. The zero-order chi connectivity index (χ0) is 15.6. The van der Waals surface area contributed by atoms with Crippen LogP contribution in [0.5, 0.6) is 0 Å². The quantitative estimate of drug-likeness (QED) is 0.796. The predicted octanol–water partition coefficient (Wildman–Crippen LogP) is 1.36. The molecule has 118 valence electrons. The molecule has 21 heavy (non-hydrogen) atoms. The molecule has 5 heteroatoms. The van der Waals surface area contributed by atoms with Gasteiger partial charge in [-0.15, -0.1) is 6.58 Å². The van der Waals surface area contributed by atoms with Gasteiger partial charge in [-0.3, -0.25) is 14.9 Å². The Morgan fingerprint density at radius 3 is 2.62 bits per heavy atom. The summed E-state index contributed by atoms with van der Waals surface area (Å²) in [7, 11) is 0. The van der Waals surface area contributed by atoms with E-state index in [1.54, 1.807) is 6.08 Å². The number of piperidine rings is 1. The molecule has 5 nitrogen and oxygen atoms in total. The van der Waals surface area contributed by atoms with E-state index in [0.717, 1.165) is 12.8 Å². The zero-order valence-electron chi connectivity index (χ0n) is 13.4. The van der Waals surface area contributed by atoms with Crippen LogP contribution in [0, 0.1) is 5.92 Å². The smallest absolute Gasteiger partial charge is 0.241 e. The van der Waals surface area contributed by atoms with Gasteiger partial charge in [0.15, 0.2) is 0 Å². The molecule has 1 N–H and O–H groups in total. The third-order valence-corrected chi connectivity index (χ3v) is 4.48. The van der Waals surface area contributed by atoms with Gasteiger partial charge in [0.05, 0.1) is 11.7 Å². The van der Waals surface area contributed by atoms with Crippen molar-refractivity contribution in [2.45, 2.75) is 51.7 Å². The molecule has 2 amide bonds. The third-order valence-electron chi connectivity index (χ3n) is 4.48. The van der Waals surface area contributed by atoms with Crippen molar-refractivity contribution in [2.24, 2.45) is 5.92 Å². The SMILES string of the molecule is C=CCN1C(=O)C(C)NC12CCN(C(=O)CC(C)C)CC2. The Morgan fingerprint density at radius 2 is 2.10 bits per heavy atom. The first-order valence-electron chi connectivity index (χ1n) is 7.87. The maximum atomic E-state index is 12.3. The summed E-state index contributed by atoms with van der Waals surface area (Å²) in [6.45, 7) is 11.8. The van der Waals surface area contributed by atoms with Gasteiger partial charge in [-0.1, -0.05) is 19.9 Å². The molecule has 0 aliphatic carbocycles. The maximum Gasteiger partial charge on any atom is 0.241 e. The summed E-state index contributed by atoms with van der Waals surface area (Å²) in [5.41, 5.74) is -0.292. The number of nitrogens with zero attached hydrogens (tertiary/aromatic N) is 2. The normalized spacial score (nSPS) is 25.0. The Labute approximate surface area is 127 Å². The number of carbonyl (C=O) groups excluding carboxylic acids is 2. The fraction of sp³-hybridized carbons (Fsp3) is 0.750. The minimum absolute atomic E-state index is 0.136. The summed E-state index contributed by atoms with van der Waals surface area (Å²) >= 11 is 0. The van der Waals surface area contributed by atoms with Crippen LogP contribution in [-0.2, 0) is 9.59 Å². The molecule has 0 aromatic heterocycles. The molecule has 1 unspecified atom stereocenters. The highest BCUT2D eigenvalue weighted by Gasteiger charge is 2.49. The summed E-state index contributed by atoms with van der Waals surface area (Å²) in [5.74, 6) is 0.751. The summed E-state index contributed by atoms with van der Waals surface area (Å²) in [4.78, 5) is 28.3. The van der Waals surface area contributed by atoms with Crippen molar-refractivity contribution in [3.05, 3.63) is 12.7 Å². The standard InChI is InChI=1S/C16H27N3O2/c1-5-8-19-15(21)13(4)17-16(19)6-9-18(10-7-16)14(20)11-12(2)3/h5,12-13,17H,1,6-11H2,2-4H3. The number of rotatable bonds is 4. The van der Waals surface area contributed by atoms with Gasteiger partial charge in [-0.05, 0) is 12.8 Å². The van der Waals surface area contributed by atoms with Crippen LogP contribution in [0.2, 0.25) is 0 Å². The first-order valence-corrected chi connectivity index (χ1v) is 7.87. The molecule has 2 aliphatic heterocycles. The maximum absolute atomic E-state index is 12.3. The van der Waals surface area contributed by atoms with Gasteiger partial charge in [-0.2, -0.15) is 0 Å². The van der Waals surface area contributed by atoms with Crippen LogP contribution in [0.3, 0.4) is 0 Å². The summed E-state index contributed by atoms with van der Waals surface area (Å²) in [6, 6.07) is -0.150. The number of hydrogen-bond acceptors (Lipinski definition) is 3. The lowest BCUT2D eigenvalue weighted by molar-refractivity contribution is -0.137. The van der Waals surface area contributed by atoms with E-state index < -0.39 is 0 Å². The van der Waals surface area contributed by atoms with Crippen LogP contribution in [0.25, 0.3) is 0 Å². The topological polar surface area (TPSA) is 52.7 Å². The fourth-order valence-electron chi connectivity index (χ4n) is 3.40. The second-order valence-electron chi connectivity index (χ2n) is 6.61. The second kappa shape index (κ2) is 6.18. The number of carbonyl (C=O) groups is 2. The van der Waals surface area contributed by atoms with Crippen molar-refractivity contribution in [2.75, 3.05) is 19.6 Å². The van der Waals surface area contributed by atoms with Crippen molar-refractivity contribution >= 4 is 11.8 Å². The lowest BCUT2D eigenvalue weighted by Crippen LogP contribution is -2.59. The van der Waals surface area contributed by atoms with E-state index in [2.05, 4.69) is 25.7 Å². The predicted molar refractivity (Wildman–Crippen MR) is 82.5 cm³/mol. The van der Waals surface area contributed by atoms with Gasteiger partial charge in [0.25, 0.3) is 0 Å². The van der Waals surface area contributed by atoms with Crippen LogP contribution in [0.1, 0.15) is 40.0 Å². The molecule has 0 saturated carbocycles. The molecule has 2 aliphatic rings. The summed E-state index contributed by atoms with van der Waals surface area (Å²) < 4.78 is 0. The molecule has 0 bridgehead atoms. The number of hydrogen-bond donors (Lipinski definition) is 1. The van der Waals surface area contributed by atoms with Gasteiger partial charge in [0.2, 0.25) is 11.8 Å². The monoisotopic (exact) mass is 293 g/mol. The average molecular weight is 293 g/mol. The minimum Gasteiger partial charge on any atom is -0.342 e. The Balaban J connectivity index is 2.03. The molecule has 1 atom stereocenters.